The van der Waals surface area contributed by atoms with Gasteiger partial charge >= 0.3 is 0 Å². The Bertz CT molecular complexity index is 1250. The van der Waals surface area contributed by atoms with Crippen molar-refractivity contribution in [2.45, 2.75) is 37.2 Å². The van der Waals surface area contributed by atoms with Crippen LogP contribution in [0.25, 0.3) is 22.6 Å². The molecule has 1 aromatic carbocycles. The van der Waals surface area contributed by atoms with Crippen molar-refractivity contribution in [2.24, 2.45) is 5.92 Å². The van der Waals surface area contributed by atoms with Crippen molar-refractivity contribution >= 4 is 15.7 Å². The number of imidazole rings is 1. The molecule has 1 atom stereocenters. The Morgan fingerprint density at radius 1 is 1.13 bits per heavy atom. The third kappa shape index (κ3) is 3.21. The van der Waals surface area contributed by atoms with E-state index in [9.17, 15) is 13.2 Å². The Labute approximate surface area is 175 Å². The van der Waals surface area contributed by atoms with E-state index in [1.165, 1.54) is 0 Å². The third-order valence-electron chi connectivity index (χ3n) is 6.03. The summed E-state index contributed by atoms with van der Waals surface area (Å²) in [6.07, 6.45) is 8.46. The van der Waals surface area contributed by atoms with Crippen LogP contribution in [0, 0.1) is 5.92 Å². The maximum atomic E-state index is 13.1. The summed E-state index contributed by atoms with van der Waals surface area (Å²) in [6, 6.07) is 7.36. The maximum absolute atomic E-state index is 13.1. The van der Waals surface area contributed by atoms with Crippen LogP contribution >= 0.6 is 0 Å². The van der Waals surface area contributed by atoms with Crippen LogP contribution in [0.5, 0.6) is 0 Å². The van der Waals surface area contributed by atoms with Crippen LogP contribution in [-0.4, -0.2) is 46.5 Å². The average Bonchev–Trinajstić information content (AvgIpc) is 3.32. The number of benzene rings is 1. The van der Waals surface area contributed by atoms with Gasteiger partial charge in [0.1, 0.15) is 5.69 Å². The number of nitrogens with one attached hydrogen (secondary N) is 1. The number of sulfone groups is 1. The zero-order chi connectivity index (χ0) is 21.0. The largest absolute Gasteiger partial charge is 0.343 e. The van der Waals surface area contributed by atoms with Gasteiger partial charge in [-0.25, -0.2) is 13.4 Å². The predicted octanol–water partition coefficient (Wildman–Crippen LogP) is 3.30. The quantitative estimate of drug-likeness (QED) is 0.681. The molecule has 3 aromatic rings. The van der Waals surface area contributed by atoms with Gasteiger partial charge in [-0.15, -0.1) is 0 Å². The number of aromatic nitrogens is 3. The molecule has 30 heavy (non-hydrogen) atoms. The first kappa shape index (κ1) is 19.0. The summed E-state index contributed by atoms with van der Waals surface area (Å²) in [5.74, 6) is 0.976. The average molecular weight is 423 g/mol. The van der Waals surface area contributed by atoms with E-state index in [1.807, 2.05) is 23.1 Å². The Kier molecular flexibility index (Phi) is 4.28. The second-order valence-corrected chi connectivity index (χ2v) is 10.1. The second kappa shape index (κ2) is 6.77. The molecule has 1 aliphatic heterocycles. The number of nitrogens with zero attached hydrogens (tertiary/aromatic N) is 3. The molecule has 154 valence electrons. The summed E-state index contributed by atoms with van der Waals surface area (Å²) in [4.78, 5) is 26.7. The molecule has 8 heteroatoms. The van der Waals surface area contributed by atoms with Crippen LogP contribution in [0.1, 0.15) is 35.7 Å². The molecule has 1 N–H and O–H groups in total. The summed E-state index contributed by atoms with van der Waals surface area (Å²) < 4.78 is 25.2. The number of H-pyrrole nitrogens is 1. The molecule has 7 nitrogen and oxygen atoms in total. The highest BCUT2D eigenvalue weighted by Crippen LogP contribution is 2.40. The third-order valence-corrected chi connectivity index (χ3v) is 7.15. The molecule has 5 rings (SSSR count). The van der Waals surface area contributed by atoms with E-state index >= 15 is 0 Å². The molecule has 2 aromatic heterocycles. The van der Waals surface area contributed by atoms with Gasteiger partial charge < -0.3 is 9.88 Å². The molecule has 1 amide bonds. The summed E-state index contributed by atoms with van der Waals surface area (Å²) in [5, 5.41) is 0. The van der Waals surface area contributed by atoms with Crippen LogP contribution < -0.4 is 0 Å². The van der Waals surface area contributed by atoms with Crippen molar-refractivity contribution in [1.82, 2.24) is 19.9 Å². The van der Waals surface area contributed by atoms with E-state index in [2.05, 4.69) is 21.9 Å². The fourth-order valence-corrected chi connectivity index (χ4v) is 5.14. The van der Waals surface area contributed by atoms with Gasteiger partial charge in [0.25, 0.3) is 5.91 Å². The van der Waals surface area contributed by atoms with Gasteiger partial charge in [0, 0.05) is 37.4 Å². The lowest BCUT2D eigenvalue weighted by atomic mass is 10.0. The summed E-state index contributed by atoms with van der Waals surface area (Å²) in [7, 11) is -3.58. The SMILES string of the molecule is C[C@@H](C1CC1)N1Cc2cc(-c3ccnc(-c4ncc[nH]4)c3)cc(S(C)(=O)=O)c2C1=O. The first-order valence-corrected chi connectivity index (χ1v) is 11.9. The number of carbonyl (C=O) groups excluding carboxylic acids is 1. The molecule has 0 radical (unpaired) electrons. The minimum atomic E-state index is -3.58. The van der Waals surface area contributed by atoms with Crippen molar-refractivity contribution in [3.8, 4) is 22.6 Å². The van der Waals surface area contributed by atoms with E-state index in [0.717, 1.165) is 35.8 Å². The molecule has 2 aliphatic rings. The lowest BCUT2D eigenvalue weighted by molar-refractivity contribution is 0.0694. The Balaban J connectivity index is 1.62. The fraction of sp³-hybridized carbons (Fsp3) is 0.318. The Hall–Kier alpha value is -3.00. The monoisotopic (exact) mass is 422 g/mol. The van der Waals surface area contributed by atoms with Gasteiger partial charge in [0.2, 0.25) is 0 Å². The van der Waals surface area contributed by atoms with Crippen molar-refractivity contribution in [2.75, 3.05) is 6.26 Å². The Morgan fingerprint density at radius 3 is 2.60 bits per heavy atom. The van der Waals surface area contributed by atoms with Crippen molar-refractivity contribution in [3.05, 3.63) is 54.0 Å². The number of hydrogen-bond donors (Lipinski definition) is 1. The van der Waals surface area contributed by atoms with Gasteiger partial charge in [0.05, 0.1) is 10.5 Å². The summed E-state index contributed by atoms with van der Waals surface area (Å²) in [5.41, 5.74) is 3.33. The molecule has 3 heterocycles. The maximum Gasteiger partial charge on any atom is 0.256 e. The normalized spacial score (nSPS) is 17.3. The zero-order valence-corrected chi connectivity index (χ0v) is 17.6. The molecule has 1 aliphatic carbocycles. The Morgan fingerprint density at radius 2 is 1.93 bits per heavy atom. The first-order valence-electron chi connectivity index (χ1n) is 9.97. The number of hydrogen-bond acceptors (Lipinski definition) is 5. The number of fused-ring (bicyclic) bond motifs is 1. The van der Waals surface area contributed by atoms with Crippen LogP contribution in [0.4, 0.5) is 0 Å². The van der Waals surface area contributed by atoms with Crippen LogP contribution in [0.3, 0.4) is 0 Å². The lowest BCUT2D eigenvalue weighted by Crippen LogP contribution is -2.35. The van der Waals surface area contributed by atoms with Gasteiger partial charge in [-0.2, -0.15) is 0 Å². The summed E-state index contributed by atoms with van der Waals surface area (Å²) in [6.45, 7) is 2.50. The van der Waals surface area contributed by atoms with Crippen molar-refractivity contribution in [3.63, 3.8) is 0 Å². The van der Waals surface area contributed by atoms with Gasteiger partial charge in [-0.05, 0) is 66.6 Å². The summed E-state index contributed by atoms with van der Waals surface area (Å²) >= 11 is 0. The van der Waals surface area contributed by atoms with Gasteiger partial charge in [-0.1, -0.05) is 0 Å². The van der Waals surface area contributed by atoms with E-state index in [0.29, 0.717) is 29.5 Å². The van der Waals surface area contributed by atoms with Crippen molar-refractivity contribution in [1.29, 1.82) is 0 Å². The number of amides is 1. The molecule has 1 saturated carbocycles. The van der Waals surface area contributed by atoms with Gasteiger partial charge in [0.15, 0.2) is 15.7 Å². The number of aromatic amines is 1. The standard InChI is InChI=1S/C22H22N4O3S/c1-13(14-3-4-14)26-12-17-9-16(11-19(30(2,28)29)20(17)22(26)27)15-5-6-23-18(10-15)21-24-7-8-25-21/h5-11,13-14H,3-4,12H2,1-2H3,(H,24,25)/t13-/m0/s1. The highest BCUT2D eigenvalue weighted by Gasteiger charge is 2.40. The van der Waals surface area contributed by atoms with Crippen molar-refractivity contribution < 1.29 is 13.2 Å². The second-order valence-electron chi connectivity index (χ2n) is 8.16. The fourth-order valence-electron chi connectivity index (χ4n) is 4.21. The van der Waals surface area contributed by atoms with E-state index in [4.69, 9.17) is 0 Å². The number of carbonyl (C=O) groups is 1. The molecule has 1 fully saturated rings. The van der Waals surface area contributed by atoms with Crippen LogP contribution in [0.15, 0.2) is 47.8 Å². The van der Waals surface area contributed by atoms with E-state index in [1.54, 1.807) is 24.7 Å². The lowest BCUT2D eigenvalue weighted by Gasteiger charge is -2.24. The number of pyridine rings is 1. The smallest absolute Gasteiger partial charge is 0.256 e. The van der Waals surface area contributed by atoms with E-state index in [-0.39, 0.29) is 16.8 Å². The van der Waals surface area contributed by atoms with E-state index < -0.39 is 9.84 Å². The van der Waals surface area contributed by atoms with Crippen LogP contribution in [0.2, 0.25) is 0 Å². The van der Waals surface area contributed by atoms with Crippen LogP contribution in [-0.2, 0) is 16.4 Å². The molecule has 0 unspecified atom stereocenters. The highest BCUT2D eigenvalue weighted by atomic mass is 32.2. The topological polar surface area (TPSA) is 96.0 Å². The molecule has 0 saturated heterocycles. The van der Waals surface area contributed by atoms with Gasteiger partial charge in [-0.3, -0.25) is 9.78 Å². The minimum Gasteiger partial charge on any atom is -0.343 e. The molecular formula is C22H22N4O3S. The highest BCUT2D eigenvalue weighted by molar-refractivity contribution is 7.90. The minimum absolute atomic E-state index is 0.0989. The molecular weight excluding hydrogens is 400 g/mol. The number of rotatable bonds is 5. The molecule has 0 bridgehead atoms. The molecule has 0 spiro atoms. The first-order chi connectivity index (χ1) is 14.3. The zero-order valence-electron chi connectivity index (χ0n) is 16.8. The predicted molar refractivity (Wildman–Crippen MR) is 112 cm³/mol.